The van der Waals surface area contributed by atoms with Crippen molar-refractivity contribution in [3.8, 4) is 0 Å². The third-order valence-corrected chi connectivity index (χ3v) is 3.86. The van der Waals surface area contributed by atoms with Crippen LogP contribution >= 0.6 is 0 Å². The summed E-state index contributed by atoms with van der Waals surface area (Å²) in [6.07, 6.45) is 4.05. The summed E-state index contributed by atoms with van der Waals surface area (Å²) in [5.41, 5.74) is 4.40. The van der Waals surface area contributed by atoms with Crippen LogP contribution in [-0.4, -0.2) is 28.6 Å². The van der Waals surface area contributed by atoms with E-state index in [0.717, 1.165) is 19.3 Å². The summed E-state index contributed by atoms with van der Waals surface area (Å²) in [4.78, 5) is 23.2. The minimum atomic E-state index is -0.887. The van der Waals surface area contributed by atoms with Gasteiger partial charge in [-0.2, -0.15) is 0 Å². The summed E-state index contributed by atoms with van der Waals surface area (Å²) in [5.74, 6) is -0.802. The van der Waals surface area contributed by atoms with Gasteiger partial charge in [0.25, 0.3) is 0 Å². The third-order valence-electron chi connectivity index (χ3n) is 3.86. The fourth-order valence-corrected chi connectivity index (χ4v) is 2.46. The van der Waals surface area contributed by atoms with Crippen molar-refractivity contribution in [3.05, 3.63) is 0 Å². The van der Waals surface area contributed by atoms with Crippen molar-refractivity contribution < 1.29 is 14.7 Å². The van der Waals surface area contributed by atoms with E-state index in [9.17, 15) is 14.7 Å². The summed E-state index contributed by atoms with van der Waals surface area (Å²) in [6.45, 7) is 3.82. The molecule has 0 aromatic heterocycles. The molecular weight excluding hydrogens is 232 g/mol. The van der Waals surface area contributed by atoms with E-state index >= 15 is 0 Å². The average molecular weight is 256 g/mol. The second-order valence-electron chi connectivity index (χ2n) is 5.44. The zero-order valence-electron chi connectivity index (χ0n) is 11.2. The van der Waals surface area contributed by atoms with Gasteiger partial charge in [-0.25, -0.2) is 0 Å². The molecule has 0 heterocycles. The van der Waals surface area contributed by atoms with Crippen LogP contribution < -0.4 is 11.1 Å². The van der Waals surface area contributed by atoms with Crippen molar-refractivity contribution in [2.45, 2.75) is 64.0 Å². The lowest BCUT2D eigenvalue weighted by Crippen LogP contribution is -2.49. The fourth-order valence-electron chi connectivity index (χ4n) is 2.46. The van der Waals surface area contributed by atoms with Gasteiger partial charge < -0.3 is 16.2 Å². The smallest absolute Gasteiger partial charge is 0.240 e. The number of amides is 2. The highest BCUT2D eigenvalue weighted by Crippen LogP contribution is 2.32. The number of rotatable bonds is 6. The molecule has 0 spiro atoms. The molecule has 104 valence electrons. The van der Waals surface area contributed by atoms with Crippen molar-refractivity contribution in [2.75, 3.05) is 0 Å². The van der Waals surface area contributed by atoms with Gasteiger partial charge in [0, 0.05) is 0 Å². The van der Waals surface area contributed by atoms with Gasteiger partial charge in [-0.3, -0.25) is 9.59 Å². The summed E-state index contributed by atoms with van der Waals surface area (Å²) >= 11 is 0. The quantitative estimate of drug-likeness (QED) is 0.653. The minimum absolute atomic E-state index is 0.00432. The maximum Gasteiger partial charge on any atom is 0.240 e. The van der Waals surface area contributed by atoms with Crippen molar-refractivity contribution in [1.82, 2.24) is 5.32 Å². The van der Waals surface area contributed by atoms with Gasteiger partial charge in [0.05, 0.1) is 12.0 Å². The van der Waals surface area contributed by atoms with Crippen molar-refractivity contribution in [2.24, 2.45) is 11.7 Å². The SMILES string of the molecule is CCC(C)C(NC(=O)CC1(O)CCCC1)C(N)=O. The molecule has 4 N–H and O–H groups in total. The second kappa shape index (κ2) is 6.18. The highest BCUT2D eigenvalue weighted by molar-refractivity contribution is 5.87. The second-order valence-corrected chi connectivity index (χ2v) is 5.44. The maximum absolute atomic E-state index is 11.9. The Morgan fingerprint density at radius 2 is 1.94 bits per heavy atom. The Balaban J connectivity index is 2.53. The highest BCUT2D eigenvalue weighted by atomic mass is 16.3. The number of primary amides is 1. The molecule has 5 heteroatoms. The van der Waals surface area contributed by atoms with Crippen LogP contribution in [-0.2, 0) is 9.59 Å². The van der Waals surface area contributed by atoms with Crippen molar-refractivity contribution in [1.29, 1.82) is 0 Å². The molecule has 5 nitrogen and oxygen atoms in total. The molecule has 0 saturated heterocycles. The summed E-state index contributed by atoms with van der Waals surface area (Å²) in [5, 5.41) is 12.8. The monoisotopic (exact) mass is 256 g/mol. The van der Waals surface area contributed by atoms with Crippen LogP contribution in [0.2, 0.25) is 0 Å². The molecule has 0 bridgehead atoms. The molecule has 1 rings (SSSR count). The molecule has 2 unspecified atom stereocenters. The molecule has 1 fully saturated rings. The van der Waals surface area contributed by atoms with Crippen LogP contribution in [0, 0.1) is 5.92 Å². The lowest BCUT2D eigenvalue weighted by atomic mass is 9.95. The van der Waals surface area contributed by atoms with E-state index in [1.165, 1.54) is 0 Å². The van der Waals surface area contributed by atoms with Crippen molar-refractivity contribution >= 4 is 11.8 Å². The third kappa shape index (κ3) is 3.98. The largest absolute Gasteiger partial charge is 0.389 e. The Hall–Kier alpha value is -1.10. The number of nitrogens with one attached hydrogen (secondary N) is 1. The van der Waals surface area contributed by atoms with Gasteiger partial charge in [-0.1, -0.05) is 33.1 Å². The van der Waals surface area contributed by atoms with Crippen LogP contribution in [0.3, 0.4) is 0 Å². The van der Waals surface area contributed by atoms with Gasteiger partial charge in [0.1, 0.15) is 6.04 Å². The highest BCUT2D eigenvalue weighted by Gasteiger charge is 2.34. The Morgan fingerprint density at radius 1 is 1.39 bits per heavy atom. The summed E-state index contributed by atoms with van der Waals surface area (Å²) in [6, 6.07) is -0.646. The molecule has 18 heavy (non-hydrogen) atoms. The first kappa shape index (κ1) is 15.0. The molecule has 0 aromatic rings. The van der Waals surface area contributed by atoms with E-state index in [1.807, 2.05) is 13.8 Å². The van der Waals surface area contributed by atoms with Crippen LogP contribution in [0.25, 0.3) is 0 Å². The number of carbonyl (C=O) groups is 2. The maximum atomic E-state index is 11.9. The molecule has 2 atom stereocenters. The predicted octanol–water partition coefficient (Wildman–Crippen LogP) is 0.698. The Labute approximate surface area is 108 Å². The van der Waals surface area contributed by atoms with Gasteiger partial charge in [-0.15, -0.1) is 0 Å². The summed E-state index contributed by atoms with van der Waals surface area (Å²) in [7, 11) is 0. The van der Waals surface area contributed by atoms with Gasteiger partial charge >= 0.3 is 0 Å². The number of aliphatic hydroxyl groups is 1. The van der Waals surface area contributed by atoms with E-state index in [4.69, 9.17) is 5.73 Å². The Bertz CT molecular complexity index is 311. The van der Waals surface area contributed by atoms with Gasteiger partial charge in [0.15, 0.2) is 0 Å². The minimum Gasteiger partial charge on any atom is -0.389 e. The number of hydrogen-bond donors (Lipinski definition) is 3. The molecule has 0 aromatic carbocycles. The summed E-state index contributed by atoms with van der Waals surface area (Å²) < 4.78 is 0. The van der Waals surface area contributed by atoms with Crippen LogP contribution in [0.5, 0.6) is 0 Å². The zero-order valence-corrected chi connectivity index (χ0v) is 11.2. The fraction of sp³-hybridized carbons (Fsp3) is 0.846. The predicted molar refractivity (Wildman–Crippen MR) is 68.6 cm³/mol. The van der Waals surface area contributed by atoms with E-state index in [1.54, 1.807) is 0 Å². The van der Waals surface area contributed by atoms with E-state index in [0.29, 0.717) is 12.8 Å². The normalized spacial score (nSPS) is 21.3. The van der Waals surface area contributed by atoms with Crippen molar-refractivity contribution in [3.63, 3.8) is 0 Å². The van der Waals surface area contributed by atoms with E-state index in [-0.39, 0.29) is 18.2 Å². The number of nitrogens with two attached hydrogens (primary N) is 1. The number of carbonyl (C=O) groups excluding carboxylic acids is 2. The standard InChI is InChI=1S/C13H24N2O3/c1-3-9(2)11(12(14)17)15-10(16)8-13(18)6-4-5-7-13/h9,11,18H,3-8H2,1-2H3,(H2,14,17)(H,15,16). The topological polar surface area (TPSA) is 92.4 Å². The van der Waals surface area contributed by atoms with Crippen LogP contribution in [0.4, 0.5) is 0 Å². The lowest BCUT2D eigenvalue weighted by Gasteiger charge is -2.25. The van der Waals surface area contributed by atoms with Crippen LogP contribution in [0.1, 0.15) is 52.4 Å². The van der Waals surface area contributed by atoms with Gasteiger partial charge in [0.2, 0.25) is 11.8 Å². The molecular formula is C13H24N2O3. The first-order valence-corrected chi connectivity index (χ1v) is 6.69. The zero-order chi connectivity index (χ0) is 13.8. The molecule has 1 aliphatic rings. The molecule has 1 aliphatic carbocycles. The molecule has 1 saturated carbocycles. The lowest BCUT2D eigenvalue weighted by molar-refractivity contribution is -0.131. The van der Waals surface area contributed by atoms with E-state index < -0.39 is 17.6 Å². The average Bonchev–Trinajstić information content (AvgIpc) is 2.71. The first-order valence-electron chi connectivity index (χ1n) is 6.69. The molecule has 0 aliphatic heterocycles. The van der Waals surface area contributed by atoms with E-state index in [2.05, 4.69) is 5.32 Å². The Morgan fingerprint density at radius 3 is 2.39 bits per heavy atom. The molecule has 2 amide bonds. The number of hydrogen-bond acceptors (Lipinski definition) is 3. The Kier molecular flexibility index (Phi) is 5.14. The first-order chi connectivity index (χ1) is 8.38. The van der Waals surface area contributed by atoms with Crippen LogP contribution in [0.15, 0.2) is 0 Å². The van der Waals surface area contributed by atoms with Gasteiger partial charge in [-0.05, 0) is 18.8 Å². The molecule has 0 radical (unpaired) electrons.